The predicted octanol–water partition coefficient (Wildman–Crippen LogP) is 3.75. The van der Waals surface area contributed by atoms with E-state index >= 15 is 0 Å². The fourth-order valence-electron chi connectivity index (χ4n) is 1.46. The molecule has 3 nitrogen and oxygen atoms in total. The molecule has 96 valence electrons. The van der Waals surface area contributed by atoms with Crippen LogP contribution in [-0.2, 0) is 0 Å². The molecule has 1 heterocycles. The van der Waals surface area contributed by atoms with Gasteiger partial charge in [-0.2, -0.15) is 4.37 Å². The maximum Gasteiger partial charge on any atom is 0.164 e. The summed E-state index contributed by atoms with van der Waals surface area (Å²) in [4.78, 5) is 11.5. The van der Waals surface area contributed by atoms with Gasteiger partial charge in [0.2, 0.25) is 0 Å². The number of carbonyl (C=O) groups is 1. The van der Waals surface area contributed by atoms with Crippen molar-refractivity contribution in [3.63, 3.8) is 0 Å². The van der Waals surface area contributed by atoms with Crippen molar-refractivity contribution in [1.82, 2.24) is 4.37 Å². The first-order valence-electron chi connectivity index (χ1n) is 5.94. The Kier molecular flexibility index (Phi) is 4.31. The summed E-state index contributed by atoms with van der Waals surface area (Å²) in [5.74, 6) is 0.617. The van der Waals surface area contributed by atoms with Crippen molar-refractivity contribution in [2.75, 3.05) is 11.9 Å². The van der Waals surface area contributed by atoms with Crippen LogP contribution in [0.3, 0.4) is 0 Å². The van der Waals surface area contributed by atoms with Crippen LogP contribution in [0.1, 0.15) is 50.7 Å². The summed E-state index contributed by atoms with van der Waals surface area (Å²) in [5, 5.41) is 4.27. The Balaban J connectivity index is 2.74. The van der Waals surface area contributed by atoms with Gasteiger partial charge in [0.1, 0.15) is 5.00 Å². The first-order valence-corrected chi connectivity index (χ1v) is 6.72. The highest BCUT2D eigenvalue weighted by atomic mass is 32.1. The molecule has 0 saturated heterocycles. The van der Waals surface area contributed by atoms with E-state index in [1.807, 2.05) is 6.92 Å². The van der Waals surface area contributed by atoms with Crippen molar-refractivity contribution >= 4 is 22.3 Å². The largest absolute Gasteiger partial charge is 0.375 e. The monoisotopic (exact) mass is 254 g/mol. The molecule has 0 amide bonds. The normalized spacial score (nSPS) is 13.5. The highest BCUT2D eigenvalue weighted by Crippen LogP contribution is 2.28. The van der Waals surface area contributed by atoms with Gasteiger partial charge in [-0.15, -0.1) is 0 Å². The molecule has 1 atom stereocenters. The molecule has 0 saturated carbocycles. The molecular weight excluding hydrogens is 232 g/mol. The lowest BCUT2D eigenvalue weighted by molar-refractivity contribution is 0.101. The lowest BCUT2D eigenvalue weighted by atomic mass is 9.82. The number of carbonyl (C=O) groups excluding carboxylic acids is 1. The summed E-state index contributed by atoms with van der Waals surface area (Å²) in [6.45, 7) is 13.2. The van der Waals surface area contributed by atoms with Gasteiger partial charge < -0.3 is 5.32 Å². The van der Waals surface area contributed by atoms with Crippen molar-refractivity contribution in [3.05, 3.63) is 11.3 Å². The lowest BCUT2D eigenvalue weighted by Crippen LogP contribution is -2.24. The summed E-state index contributed by atoms with van der Waals surface area (Å²) in [6, 6.07) is 0. The number of aryl methyl sites for hydroxylation is 1. The molecule has 0 fully saturated rings. The van der Waals surface area contributed by atoms with E-state index in [9.17, 15) is 4.79 Å². The molecular formula is C13H22N2OS. The number of Topliss-reactive ketones (excluding diaryl/α,β-unsaturated/α-hetero) is 1. The van der Waals surface area contributed by atoms with E-state index in [0.29, 0.717) is 5.92 Å². The van der Waals surface area contributed by atoms with Gasteiger partial charge in [-0.3, -0.25) is 4.79 Å². The van der Waals surface area contributed by atoms with E-state index in [0.717, 1.165) is 22.8 Å². The van der Waals surface area contributed by atoms with Crippen molar-refractivity contribution in [2.24, 2.45) is 11.3 Å². The number of ketones is 1. The molecule has 0 aliphatic heterocycles. The molecule has 1 aromatic rings. The second-order valence-corrected chi connectivity index (χ2v) is 6.45. The zero-order valence-electron chi connectivity index (χ0n) is 11.5. The Morgan fingerprint density at radius 2 is 2.06 bits per heavy atom. The molecule has 1 N–H and O–H groups in total. The topological polar surface area (TPSA) is 42.0 Å². The van der Waals surface area contributed by atoms with Crippen molar-refractivity contribution < 1.29 is 4.79 Å². The number of rotatable bonds is 4. The molecule has 17 heavy (non-hydrogen) atoms. The Morgan fingerprint density at radius 1 is 1.47 bits per heavy atom. The van der Waals surface area contributed by atoms with Crippen LogP contribution in [0.2, 0.25) is 0 Å². The van der Waals surface area contributed by atoms with Crippen LogP contribution in [-0.4, -0.2) is 16.7 Å². The zero-order valence-corrected chi connectivity index (χ0v) is 12.4. The summed E-state index contributed by atoms with van der Waals surface area (Å²) in [6.07, 6.45) is 0. The highest BCUT2D eigenvalue weighted by Gasteiger charge is 2.21. The fourth-order valence-corrected chi connectivity index (χ4v) is 2.31. The predicted molar refractivity (Wildman–Crippen MR) is 74.0 cm³/mol. The standard InChI is InChI=1S/C13H22N2OS/c1-8(13(4,5)6)7-14-12-11(10(3)16)9(2)15-17-12/h8,14H,7H2,1-6H3. The minimum Gasteiger partial charge on any atom is -0.375 e. The summed E-state index contributed by atoms with van der Waals surface area (Å²) in [5.41, 5.74) is 1.84. The van der Waals surface area contributed by atoms with Crippen LogP contribution < -0.4 is 5.32 Å². The minimum atomic E-state index is 0.0853. The van der Waals surface area contributed by atoms with Crippen LogP contribution >= 0.6 is 11.5 Å². The second kappa shape index (κ2) is 5.17. The van der Waals surface area contributed by atoms with E-state index < -0.39 is 0 Å². The third-order valence-electron chi connectivity index (χ3n) is 3.26. The molecule has 0 aliphatic carbocycles. The summed E-state index contributed by atoms with van der Waals surface area (Å²) < 4.78 is 4.24. The fraction of sp³-hybridized carbons (Fsp3) is 0.692. The molecule has 1 aromatic heterocycles. The van der Waals surface area contributed by atoms with Crippen LogP contribution in [0.5, 0.6) is 0 Å². The average Bonchev–Trinajstić information content (AvgIpc) is 2.54. The lowest BCUT2D eigenvalue weighted by Gasteiger charge is -2.27. The zero-order chi connectivity index (χ0) is 13.2. The molecule has 0 aromatic carbocycles. The van der Waals surface area contributed by atoms with Crippen LogP contribution in [0.4, 0.5) is 5.00 Å². The van der Waals surface area contributed by atoms with Crippen molar-refractivity contribution in [3.8, 4) is 0 Å². The smallest absolute Gasteiger partial charge is 0.164 e. The van der Waals surface area contributed by atoms with Crippen molar-refractivity contribution in [1.29, 1.82) is 0 Å². The van der Waals surface area contributed by atoms with Crippen LogP contribution in [0.25, 0.3) is 0 Å². The number of nitrogens with one attached hydrogen (secondary N) is 1. The third-order valence-corrected chi connectivity index (χ3v) is 4.16. The van der Waals surface area contributed by atoms with E-state index in [2.05, 4.69) is 37.4 Å². The Bertz CT molecular complexity index is 404. The molecule has 0 spiro atoms. The molecule has 4 heteroatoms. The van der Waals surface area contributed by atoms with Crippen LogP contribution in [0.15, 0.2) is 0 Å². The molecule has 1 unspecified atom stereocenters. The average molecular weight is 254 g/mol. The molecule has 0 radical (unpaired) electrons. The van der Waals surface area contributed by atoms with Gasteiger partial charge in [0.25, 0.3) is 0 Å². The Labute approximate surface area is 108 Å². The number of hydrogen-bond acceptors (Lipinski definition) is 4. The van der Waals surface area contributed by atoms with E-state index in [4.69, 9.17) is 0 Å². The SMILES string of the molecule is CC(=O)c1c(C)nsc1NCC(C)C(C)(C)C. The summed E-state index contributed by atoms with van der Waals surface area (Å²) >= 11 is 1.38. The third kappa shape index (κ3) is 3.53. The van der Waals surface area contributed by atoms with E-state index in [-0.39, 0.29) is 11.2 Å². The summed E-state index contributed by atoms with van der Waals surface area (Å²) in [7, 11) is 0. The first-order chi connectivity index (χ1) is 7.73. The maximum absolute atomic E-state index is 11.5. The Hall–Kier alpha value is -0.900. The van der Waals surface area contributed by atoms with Gasteiger partial charge in [-0.05, 0) is 36.7 Å². The molecule has 1 rings (SSSR count). The minimum absolute atomic E-state index is 0.0853. The number of anilines is 1. The number of hydrogen-bond donors (Lipinski definition) is 1. The van der Waals surface area contributed by atoms with Crippen molar-refractivity contribution in [2.45, 2.75) is 41.5 Å². The van der Waals surface area contributed by atoms with Gasteiger partial charge in [-0.25, -0.2) is 0 Å². The highest BCUT2D eigenvalue weighted by molar-refractivity contribution is 7.10. The van der Waals surface area contributed by atoms with Gasteiger partial charge in [0, 0.05) is 6.54 Å². The van der Waals surface area contributed by atoms with E-state index in [1.165, 1.54) is 11.5 Å². The first kappa shape index (κ1) is 14.2. The second-order valence-electron chi connectivity index (χ2n) is 5.68. The number of nitrogens with zero attached hydrogens (tertiary/aromatic N) is 1. The number of aromatic nitrogens is 1. The van der Waals surface area contributed by atoms with Gasteiger partial charge in [-0.1, -0.05) is 27.7 Å². The maximum atomic E-state index is 11.5. The van der Waals surface area contributed by atoms with Crippen LogP contribution in [0, 0.1) is 18.3 Å². The van der Waals surface area contributed by atoms with E-state index in [1.54, 1.807) is 6.92 Å². The molecule has 0 aliphatic rings. The van der Waals surface area contributed by atoms with Gasteiger partial charge >= 0.3 is 0 Å². The molecule has 0 bridgehead atoms. The van der Waals surface area contributed by atoms with Gasteiger partial charge in [0.05, 0.1) is 11.3 Å². The Morgan fingerprint density at radius 3 is 2.53 bits per heavy atom. The quantitative estimate of drug-likeness (QED) is 0.832. The van der Waals surface area contributed by atoms with Gasteiger partial charge in [0.15, 0.2) is 5.78 Å².